The van der Waals surface area contributed by atoms with Crippen molar-refractivity contribution in [3.8, 4) is 0 Å². The van der Waals surface area contributed by atoms with Crippen LogP contribution in [0, 0.1) is 10.1 Å². The third-order valence-electron chi connectivity index (χ3n) is 3.12. The SMILES string of the molecule is NC(=O)c1ccc(NC(=O)C(=O)N/N=C/c2ccc([N+](=O)[O-])cc2)cc1. The number of primary amides is 1. The lowest BCUT2D eigenvalue weighted by molar-refractivity contribution is -0.384. The Bertz CT molecular complexity index is 875. The Morgan fingerprint density at radius 1 is 1.00 bits per heavy atom. The first-order valence-corrected chi connectivity index (χ1v) is 7.15. The number of amides is 3. The summed E-state index contributed by atoms with van der Waals surface area (Å²) in [6.07, 6.45) is 1.23. The van der Waals surface area contributed by atoms with Crippen LogP contribution in [0.1, 0.15) is 15.9 Å². The number of anilines is 1. The highest BCUT2D eigenvalue weighted by molar-refractivity contribution is 6.39. The Kier molecular flexibility index (Phi) is 5.72. The van der Waals surface area contributed by atoms with E-state index in [-0.39, 0.29) is 11.3 Å². The van der Waals surface area contributed by atoms with Crippen LogP contribution in [0.5, 0.6) is 0 Å². The summed E-state index contributed by atoms with van der Waals surface area (Å²) in [7, 11) is 0. The van der Waals surface area contributed by atoms with E-state index in [2.05, 4.69) is 10.4 Å². The van der Waals surface area contributed by atoms with E-state index in [9.17, 15) is 24.5 Å². The van der Waals surface area contributed by atoms with Crippen LogP contribution in [0.2, 0.25) is 0 Å². The summed E-state index contributed by atoms with van der Waals surface area (Å²) in [5.41, 5.74) is 8.12. The minimum absolute atomic E-state index is 0.0760. The van der Waals surface area contributed by atoms with Gasteiger partial charge in [-0.15, -0.1) is 0 Å². The number of hydrogen-bond acceptors (Lipinski definition) is 6. The van der Waals surface area contributed by atoms with Crippen LogP contribution in [0.3, 0.4) is 0 Å². The van der Waals surface area contributed by atoms with E-state index in [4.69, 9.17) is 5.73 Å². The molecule has 0 fully saturated rings. The second kappa shape index (κ2) is 8.15. The van der Waals surface area contributed by atoms with Gasteiger partial charge in [0.05, 0.1) is 11.1 Å². The maximum atomic E-state index is 11.7. The Labute approximate surface area is 146 Å². The quantitative estimate of drug-likeness (QED) is 0.313. The van der Waals surface area contributed by atoms with Gasteiger partial charge in [0.2, 0.25) is 5.91 Å². The van der Waals surface area contributed by atoms with E-state index in [1.165, 1.54) is 54.7 Å². The van der Waals surface area contributed by atoms with Crippen molar-refractivity contribution in [2.24, 2.45) is 10.8 Å². The van der Waals surface area contributed by atoms with Crippen molar-refractivity contribution in [1.29, 1.82) is 0 Å². The van der Waals surface area contributed by atoms with Gasteiger partial charge in [-0.25, -0.2) is 5.43 Å². The Morgan fingerprint density at radius 2 is 1.62 bits per heavy atom. The van der Waals surface area contributed by atoms with E-state index < -0.39 is 22.6 Å². The molecule has 0 aliphatic heterocycles. The average Bonchev–Trinajstić information content (AvgIpc) is 2.62. The summed E-state index contributed by atoms with van der Waals surface area (Å²) < 4.78 is 0. The number of carbonyl (C=O) groups excluding carboxylic acids is 3. The molecule has 26 heavy (non-hydrogen) atoms. The maximum Gasteiger partial charge on any atom is 0.329 e. The fraction of sp³-hybridized carbons (Fsp3) is 0. The summed E-state index contributed by atoms with van der Waals surface area (Å²) in [6.45, 7) is 0. The topological polar surface area (TPSA) is 157 Å². The Morgan fingerprint density at radius 3 is 2.15 bits per heavy atom. The fourth-order valence-electron chi connectivity index (χ4n) is 1.80. The number of hydrazone groups is 1. The number of nitrogens with zero attached hydrogens (tertiary/aromatic N) is 2. The van der Waals surface area contributed by atoms with Gasteiger partial charge in [0.1, 0.15) is 0 Å². The number of nitrogens with two attached hydrogens (primary N) is 1. The molecule has 10 nitrogen and oxygen atoms in total. The van der Waals surface area contributed by atoms with Gasteiger partial charge in [-0.05, 0) is 42.0 Å². The minimum Gasteiger partial charge on any atom is -0.366 e. The molecular formula is C16H13N5O5. The molecule has 10 heteroatoms. The average molecular weight is 355 g/mol. The van der Waals surface area contributed by atoms with Gasteiger partial charge in [-0.3, -0.25) is 24.5 Å². The monoisotopic (exact) mass is 355 g/mol. The standard InChI is InChI=1S/C16H13N5O5/c17-14(22)11-3-5-12(6-4-11)19-15(23)16(24)20-18-9-10-1-7-13(8-2-10)21(25)26/h1-9H,(H2,17,22)(H,19,23)(H,20,24)/b18-9+. The second-order valence-electron chi connectivity index (χ2n) is 4.94. The zero-order valence-corrected chi connectivity index (χ0v) is 13.2. The second-order valence-corrected chi connectivity index (χ2v) is 4.94. The smallest absolute Gasteiger partial charge is 0.329 e. The molecule has 2 aromatic carbocycles. The zero-order valence-electron chi connectivity index (χ0n) is 13.2. The number of nitro groups is 1. The Hall–Kier alpha value is -4.08. The molecule has 0 radical (unpaired) electrons. The van der Waals surface area contributed by atoms with Gasteiger partial charge in [-0.2, -0.15) is 5.10 Å². The van der Waals surface area contributed by atoms with Crippen molar-refractivity contribution in [2.45, 2.75) is 0 Å². The molecule has 3 amide bonds. The van der Waals surface area contributed by atoms with E-state index in [1.807, 2.05) is 5.43 Å². The molecule has 0 saturated heterocycles. The first-order valence-electron chi connectivity index (χ1n) is 7.15. The van der Waals surface area contributed by atoms with Crippen molar-refractivity contribution in [1.82, 2.24) is 5.43 Å². The van der Waals surface area contributed by atoms with Crippen molar-refractivity contribution >= 4 is 35.3 Å². The molecule has 0 aliphatic carbocycles. The Balaban J connectivity index is 1.89. The van der Waals surface area contributed by atoms with Crippen LogP contribution in [0.25, 0.3) is 0 Å². The summed E-state index contributed by atoms with van der Waals surface area (Å²) in [5, 5.41) is 16.5. The third kappa shape index (κ3) is 4.96. The van der Waals surface area contributed by atoms with Crippen LogP contribution >= 0.6 is 0 Å². The lowest BCUT2D eigenvalue weighted by Gasteiger charge is -2.04. The van der Waals surface area contributed by atoms with Gasteiger partial charge in [0.25, 0.3) is 5.69 Å². The van der Waals surface area contributed by atoms with Crippen LogP contribution in [0.4, 0.5) is 11.4 Å². The van der Waals surface area contributed by atoms with Gasteiger partial charge in [0.15, 0.2) is 0 Å². The lowest BCUT2D eigenvalue weighted by atomic mass is 10.2. The third-order valence-corrected chi connectivity index (χ3v) is 3.12. The first kappa shape index (κ1) is 18.3. The van der Waals surface area contributed by atoms with Crippen molar-refractivity contribution in [3.05, 3.63) is 69.8 Å². The van der Waals surface area contributed by atoms with Gasteiger partial charge >= 0.3 is 11.8 Å². The van der Waals surface area contributed by atoms with Crippen molar-refractivity contribution in [2.75, 3.05) is 5.32 Å². The number of rotatable bonds is 5. The number of benzene rings is 2. The highest BCUT2D eigenvalue weighted by Gasteiger charge is 2.13. The summed E-state index contributed by atoms with van der Waals surface area (Å²) in [6, 6.07) is 11.1. The number of non-ortho nitro benzene ring substituents is 1. The molecule has 2 rings (SSSR count). The van der Waals surface area contributed by atoms with Crippen molar-refractivity contribution in [3.63, 3.8) is 0 Å². The molecule has 0 bridgehead atoms. The highest BCUT2D eigenvalue weighted by Crippen LogP contribution is 2.10. The van der Waals surface area contributed by atoms with Crippen LogP contribution in [0.15, 0.2) is 53.6 Å². The predicted octanol–water partition coefficient (Wildman–Crippen LogP) is 0.783. The molecule has 0 spiro atoms. The fourth-order valence-corrected chi connectivity index (χ4v) is 1.80. The zero-order chi connectivity index (χ0) is 19.1. The summed E-state index contributed by atoms with van der Waals surface area (Å²) in [5.74, 6) is -2.58. The number of nitro benzene ring substituents is 1. The highest BCUT2D eigenvalue weighted by atomic mass is 16.6. The molecule has 0 unspecified atom stereocenters. The minimum atomic E-state index is -1.01. The van der Waals surface area contributed by atoms with E-state index >= 15 is 0 Å². The lowest BCUT2D eigenvalue weighted by Crippen LogP contribution is -2.32. The number of carbonyl (C=O) groups is 3. The summed E-state index contributed by atoms with van der Waals surface area (Å²) >= 11 is 0. The van der Waals surface area contributed by atoms with Gasteiger partial charge in [-0.1, -0.05) is 0 Å². The molecule has 0 aromatic heterocycles. The molecular weight excluding hydrogens is 342 g/mol. The van der Waals surface area contributed by atoms with Gasteiger partial charge < -0.3 is 11.1 Å². The number of hydrogen-bond donors (Lipinski definition) is 3. The molecule has 0 heterocycles. The number of nitrogens with one attached hydrogen (secondary N) is 2. The molecule has 4 N–H and O–H groups in total. The molecule has 0 saturated carbocycles. The first-order chi connectivity index (χ1) is 12.4. The van der Waals surface area contributed by atoms with E-state index in [0.29, 0.717) is 11.3 Å². The van der Waals surface area contributed by atoms with Crippen LogP contribution in [-0.4, -0.2) is 28.9 Å². The van der Waals surface area contributed by atoms with E-state index in [0.717, 1.165) is 0 Å². The van der Waals surface area contributed by atoms with Crippen molar-refractivity contribution < 1.29 is 19.3 Å². The van der Waals surface area contributed by atoms with E-state index in [1.54, 1.807) is 0 Å². The van der Waals surface area contributed by atoms with Gasteiger partial charge in [0, 0.05) is 23.4 Å². The molecule has 0 aliphatic rings. The predicted molar refractivity (Wildman–Crippen MR) is 92.4 cm³/mol. The summed E-state index contributed by atoms with van der Waals surface area (Å²) in [4.78, 5) is 44.3. The molecule has 132 valence electrons. The maximum absolute atomic E-state index is 11.7. The molecule has 2 aromatic rings. The molecule has 0 atom stereocenters. The van der Waals surface area contributed by atoms with Crippen LogP contribution in [-0.2, 0) is 9.59 Å². The largest absolute Gasteiger partial charge is 0.366 e. The normalized spacial score (nSPS) is 10.3. The van der Waals surface area contributed by atoms with Crippen LogP contribution < -0.4 is 16.5 Å².